The van der Waals surface area contributed by atoms with Crippen molar-refractivity contribution in [2.75, 3.05) is 7.05 Å². The lowest BCUT2D eigenvalue weighted by atomic mass is 10.0. The van der Waals surface area contributed by atoms with Crippen LogP contribution in [-0.2, 0) is 6.42 Å². The molecular weight excluding hydrogens is 182 g/mol. The quantitative estimate of drug-likeness (QED) is 0.801. The minimum absolute atomic E-state index is 0.533. The highest BCUT2D eigenvalue weighted by Crippen LogP contribution is 2.16. The SMILES string of the molecule is CNC(C)Cc1ccc2ccccc2c1. The zero-order valence-electron chi connectivity index (χ0n) is 9.33. The largest absolute Gasteiger partial charge is 0.317 e. The molecule has 1 N–H and O–H groups in total. The highest BCUT2D eigenvalue weighted by Gasteiger charge is 2.01. The van der Waals surface area contributed by atoms with Gasteiger partial charge in [0.1, 0.15) is 0 Å². The van der Waals surface area contributed by atoms with Gasteiger partial charge in [-0.05, 0) is 36.7 Å². The molecule has 0 aliphatic rings. The Morgan fingerprint density at radius 2 is 1.80 bits per heavy atom. The molecule has 0 aliphatic heterocycles. The van der Waals surface area contributed by atoms with Gasteiger partial charge in [-0.3, -0.25) is 0 Å². The molecule has 0 saturated heterocycles. The van der Waals surface area contributed by atoms with Gasteiger partial charge < -0.3 is 5.32 Å². The molecule has 0 amide bonds. The van der Waals surface area contributed by atoms with Crippen LogP contribution in [0.1, 0.15) is 12.5 Å². The van der Waals surface area contributed by atoms with E-state index >= 15 is 0 Å². The van der Waals surface area contributed by atoms with E-state index in [9.17, 15) is 0 Å². The smallest absolute Gasteiger partial charge is 0.00761 e. The van der Waals surface area contributed by atoms with Crippen LogP contribution in [0.2, 0.25) is 0 Å². The van der Waals surface area contributed by atoms with Crippen LogP contribution in [0.5, 0.6) is 0 Å². The van der Waals surface area contributed by atoms with Crippen molar-refractivity contribution in [3.05, 3.63) is 48.0 Å². The molecule has 2 aromatic rings. The Bertz CT molecular complexity index is 448. The summed E-state index contributed by atoms with van der Waals surface area (Å²) in [6.45, 7) is 2.20. The first-order valence-electron chi connectivity index (χ1n) is 5.44. The Kier molecular flexibility index (Phi) is 3.02. The van der Waals surface area contributed by atoms with E-state index in [1.165, 1.54) is 16.3 Å². The van der Waals surface area contributed by atoms with Crippen molar-refractivity contribution in [3.8, 4) is 0 Å². The van der Waals surface area contributed by atoms with Gasteiger partial charge in [0.05, 0.1) is 0 Å². The third-order valence-corrected chi connectivity index (χ3v) is 2.85. The van der Waals surface area contributed by atoms with Gasteiger partial charge in [-0.1, -0.05) is 42.5 Å². The maximum absolute atomic E-state index is 3.26. The number of likely N-dealkylation sites (N-methyl/N-ethyl adjacent to an activating group) is 1. The lowest BCUT2D eigenvalue weighted by molar-refractivity contribution is 0.609. The zero-order chi connectivity index (χ0) is 10.7. The maximum atomic E-state index is 3.26. The summed E-state index contributed by atoms with van der Waals surface area (Å²) in [5.41, 5.74) is 1.40. The number of rotatable bonds is 3. The Balaban J connectivity index is 2.30. The number of hydrogen-bond acceptors (Lipinski definition) is 1. The van der Waals surface area contributed by atoms with E-state index in [0.717, 1.165) is 6.42 Å². The summed E-state index contributed by atoms with van der Waals surface area (Å²) in [6, 6.07) is 15.7. The van der Waals surface area contributed by atoms with E-state index < -0.39 is 0 Å². The normalized spacial score (nSPS) is 12.9. The predicted octanol–water partition coefficient (Wildman–Crippen LogP) is 2.99. The molecule has 1 unspecified atom stereocenters. The van der Waals surface area contributed by atoms with Crippen LogP contribution in [0.25, 0.3) is 10.8 Å². The molecule has 0 aromatic heterocycles. The molecule has 15 heavy (non-hydrogen) atoms. The summed E-state index contributed by atoms with van der Waals surface area (Å²) in [6.07, 6.45) is 1.08. The Labute approximate surface area is 91.1 Å². The molecule has 0 fully saturated rings. The van der Waals surface area contributed by atoms with Gasteiger partial charge in [-0.15, -0.1) is 0 Å². The lowest BCUT2D eigenvalue weighted by Gasteiger charge is -2.10. The number of nitrogens with one attached hydrogen (secondary N) is 1. The topological polar surface area (TPSA) is 12.0 Å². The second kappa shape index (κ2) is 4.45. The first kappa shape index (κ1) is 10.2. The molecule has 1 atom stereocenters. The van der Waals surface area contributed by atoms with Crippen LogP contribution in [0, 0.1) is 0 Å². The van der Waals surface area contributed by atoms with Crippen molar-refractivity contribution >= 4 is 10.8 Å². The monoisotopic (exact) mass is 199 g/mol. The molecule has 0 saturated carbocycles. The highest BCUT2D eigenvalue weighted by atomic mass is 14.8. The Hall–Kier alpha value is -1.34. The van der Waals surface area contributed by atoms with Crippen LogP contribution < -0.4 is 5.32 Å². The second-order valence-electron chi connectivity index (χ2n) is 4.08. The van der Waals surface area contributed by atoms with Crippen molar-refractivity contribution in [3.63, 3.8) is 0 Å². The highest BCUT2D eigenvalue weighted by molar-refractivity contribution is 5.82. The van der Waals surface area contributed by atoms with Gasteiger partial charge in [0.15, 0.2) is 0 Å². The first-order valence-corrected chi connectivity index (χ1v) is 5.44. The molecule has 0 heterocycles. The Morgan fingerprint density at radius 1 is 1.07 bits per heavy atom. The van der Waals surface area contributed by atoms with E-state index in [2.05, 4.69) is 54.7 Å². The molecule has 78 valence electrons. The fourth-order valence-corrected chi connectivity index (χ4v) is 1.82. The summed E-state index contributed by atoms with van der Waals surface area (Å²) in [4.78, 5) is 0. The van der Waals surface area contributed by atoms with E-state index in [0.29, 0.717) is 6.04 Å². The number of fused-ring (bicyclic) bond motifs is 1. The first-order chi connectivity index (χ1) is 7.29. The molecule has 0 radical (unpaired) electrons. The van der Waals surface area contributed by atoms with Gasteiger partial charge in [0.25, 0.3) is 0 Å². The van der Waals surface area contributed by atoms with Gasteiger partial charge in [0, 0.05) is 6.04 Å². The van der Waals surface area contributed by atoms with Crippen LogP contribution in [0.4, 0.5) is 0 Å². The predicted molar refractivity (Wildman–Crippen MR) is 66.2 cm³/mol. The molecule has 2 aromatic carbocycles. The second-order valence-corrected chi connectivity index (χ2v) is 4.08. The summed E-state index contributed by atoms with van der Waals surface area (Å²) < 4.78 is 0. The summed E-state index contributed by atoms with van der Waals surface area (Å²) in [5.74, 6) is 0. The average molecular weight is 199 g/mol. The third kappa shape index (κ3) is 2.37. The fourth-order valence-electron chi connectivity index (χ4n) is 1.82. The van der Waals surface area contributed by atoms with Crippen LogP contribution in [0.3, 0.4) is 0 Å². The van der Waals surface area contributed by atoms with E-state index in [1.54, 1.807) is 0 Å². The van der Waals surface area contributed by atoms with E-state index in [4.69, 9.17) is 0 Å². The average Bonchev–Trinajstić information content (AvgIpc) is 2.29. The molecule has 0 aliphatic carbocycles. The summed E-state index contributed by atoms with van der Waals surface area (Å²) in [7, 11) is 2.01. The summed E-state index contributed by atoms with van der Waals surface area (Å²) in [5, 5.41) is 5.91. The van der Waals surface area contributed by atoms with Crippen molar-refractivity contribution in [1.82, 2.24) is 5.32 Å². The van der Waals surface area contributed by atoms with Crippen molar-refractivity contribution < 1.29 is 0 Å². The van der Waals surface area contributed by atoms with Crippen molar-refractivity contribution in [1.29, 1.82) is 0 Å². The molecule has 0 spiro atoms. The lowest BCUT2D eigenvalue weighted by Crippen LogP contribution is -2.23. The molecule has 2 rings (SSSR count). The molecule has 1 nitrogen and oxygen atoms in total. The zero-order valence-corrected chi connectivity index (χ0v) is 9.33. The van der Waals surface area contributed by atoms with Crippen LogP contribution in [0.15, 0.2) is 42.5 Å². The third-order valence-electron chi connectivity index (χ3n) is 2.85. The minimum Gasteiger partial charge on any atom is -0.317 e. The van der Waals surface area contributed by atoms with E-state index in [-0.39, 0.29) is 0 Å². The molecular formula is C14H17N. The van der Waals surface area contributed by atoms with Crippen molar-refractivity contribution in [2.45, 2.75) is 19.4 Å². The number of benzene rings is 2. The standard InChI is InChI=1S/C14H17N/c1-11(15-2)9-12-7-8-13-5-3-4-6-14(13)10-12/h3-8,10-11,15H,9H2,1-2H3. The van der Waals surface area contributed by atoms with Gasteiger partial charge in [-0.2, -0.15) is 0 Å². The maximum Gasteiger partial charge on any atom is 0.00761 e. The Morgan fingerprint density at radius 3 is 2.53 bits per heavy atom. The van der Waals surface area contributed by atoms with Gasteiger partial charge in [0.2, 0.25) is 0 Å². The van der Waals surface area contributed by atoms with Crippen molar-refractivity contribution in [2.24, 2.45) is 0 Å². The number of hydrogen-bond donors (Lipinski definition) is 1. The van der Waals surface area contributed by atoms with E-state index in [1.807, 2.05) is 7.05 Å². The summed E-state index contributed by atoms with van der Waals surface area (Å²) >= 11 is 0. The fraction of sp³-hybridized carbons (Fsp3) is 0.286. The molecule has 1 heteroatoms. The minimum atomic E-state index is 0.533. The van der Waals surface area contributed by atoms with Gasteiger partial charge >= 0.3 is 0 Å². The molecule has 0 bridgehead atoms. The van der Waals surface area contributed by atoms with Gasteiger partial charge in [-0.25, -0.2) is 0 Å². The van der Waals surface area contributed by atoms with Crippen LogP contribution >= 0.6 is 0 Å². The van der Waals surface area contributed by atoms with Crippen LogP contribution in [-0.4, -0.2) is 13.1 Å².